The van der Waals surface area contributed by atoms with Gasteiger partial charge in [-0.15, -0.1) is 0 Å². The van der Waals surface area contributed by atoms with Crippen LogP contribution in [0.25, 0.3) is 0 Å². The number of ether oxygens (including phenoxy) is 1. The average molecular weight is 187 g/mol. The number of aryl methyl sites for hydroxylation is 1. The fraction of sp³-hybridized carbons (Fsp3) is 0.100. The summed E-state index contributed by atoms with van der Waals surface area (Å²) in [5, 5.41) is 0. The van der Waals surface area contributed by atoms with Gasteiger partial charge in [-0.3, -0.25) is 0 Å². The topological polar surface area (TPSA) is 47.9 Å². The van der Waals surface area contributed by atoms with E-state index in [1.165, 1.54) is 6.33 Å². The number of hydrogen-bond donors (Lipinski definition) is 0. The van der Waals surface area contributed by atoms with Crippen LogP contribution in [0.4, 0.5) is 0 Å². The summed E-state index contributed by atoms with van der Waals surface area (Å²) in [4.78, 5) is 11.8. The molecule has 0 N–H and O–H groups in total. The lowest BCUT2D eigenvalue weighted by Crippen LogP contribution is -1.89. The second-order valence-corrected chi connectivity index (χ2v) is 2.85. The molecular weight excluding hydrogens is 178 g/mol. The summed E-state index contributed by atoms with van der Waals surface area (Å²) in [5.41, 5.74) is 1.10. The Morgan fingerprint density at radius 1 is 1.07 bits per heavy atom. The van der Waals surface area contributed by atoms with Crippen LogP contribution in [-0.4, -0.2) is 15.0 Å². The van der Waals surface area contributed by atoms with Crippen molar-refractivity contribution >= 4 is 0 Å². The molecule has 0 aromatic carbocycles. The van der Waals surface area contributed by atoms with Crippen LogP contribution in [0.1, 0.15) is 5.56 Å². The van der Waals surface area contributed by atoms with Gasteiger partial charge < -0.3 is 4.74 Å². The Hall–Kier alpha value is -1.97. The van der Waals surface area contributed by atoms with Crippen LogP contribution in [-0.2, 0) is 0 Å². The number of nitrogens with zero attached hydrogens (tertiary/aromatic N) is 3. The van der Waals surface area contributed by atoms with Crippen molar-refractivity contribution in [3.63, 3.8) is 0 Å². The highest BCUT2D eigenvalue weighted by Gasteiger charge is 1.97. The van der Waals surface area contributed by atoms with Crippen LogP contribution in [0.15, 0.2) is 37.1 Å². The van der Waals surface area contributed by atoms with Gasteiger partial charge in [0.15, 0.2) is 5.75 Å². The molecule has 0 radical (unpaired) electrons. The molecule has 0 saturated heterocycles. The van der Waals surface area contributed by atoms with Crippen molar-refractivity contribution in [2.45, 2.75) is 6.92 Å². The van der Waals surface area contributed by atoms with E-state index in [0.717, 1.165) is 5.56 Å². The SMILES string of the molecule is Cc1ccc(Oc2cncnc2)nc1. The van der Waals surface area contributed by atoms with Gasteiger partial charge in [0.1, 0.15) is 6.33 Å². The van der Waals surface area contributed by atoms with E-state index in [-0.39, 0.29) is 0 Å². The highest BCUT2D eigenvalue weighted by atomic mass is 16.5. The molecule has 2 heterocycles. The normalized spacial score (nSPS) is 9.79. The molecule has 4 heteroatoms. The van der Waals surface area contributed by atoms with E-state index >= 15 is 0 Å². The zero-order valence-electron chi connectivity index (χ0n) is 7.71. The van der Waals surface area contributed by atoms with Crippen LogP contribution in [0.2, 0.25) is 0 Å². The third-order valence-corrected chi connectivity index (χ3v) is 1.64. The van der Waals surface area contributed by atoms with Crippen LogP contribution >= 0.6 is 0 Å². The number of aromatic nitrogens is 3. The molecule has 0 spiro atoms. The first-order valence-electron chi connectivity index (χ1n) is 4.20. The fourth-order valence-corrected chi connectivity index (χ4v) is 0.973. The quantitative estimate of drug-likeness (QED) is 0.721. The maximum Gasteiger partial charge on any atom is 0.219 e. The second-order valence-electron chi connectivity index (χ2n) is 2.85. The first kappa shape index (κ1) is 8.62. The summed E-state index contributed by atoms with van der Waals surface area (Å²) in [6.45, 7) is 1.97. The van der Waals surface area contributed by atoms with E-state index < -0.39 is 0 Å². The lowest BCUT2D eigenvalue weighted by molar-refractivity contribution is 0.458. The molecule has 0 bridgehead atoms. The van der Waals surface area contributed by atoms with Gasteiger partial charge in [-0.2, -0.15) is 0 Å². The molecule has 0 aliphatic rings. The van der Waals surface area contributed by atoms with Crippen LogP contribution in [0.3, 0.4) is 0 Å². The largest absolute Gasteiger partial charge is 0.436 e. The third kappa shape index (κ3) is 2.04. The highest BCUT2D eigenvalue weighted by molar-refractivity contribution is 5.22. The standard InChI is InChI=1S/C10H9N3O/c1-8-2-3-10(13-4-8)14-9-5-11-7-12-6-9/h2-7H,1H3. The van der Waals surface area contributed by atoms with Crippen molar-refractivity contribution in [3.05, 3.63) is 42.6 Å². The molecule has 4 nitrogen and oxygen atoms in total. The third-order valence-electron chi connectivity index (χ3n) is 1.64. The maximum absolute atomic E-state index is 5.40. The van der Waals surface area contributed by atoms with E-state index in [1.54, 1.807) is 18.6 Å². The summed E-state index contributed by atoms with van der Waals surface area (Å²) in [6.07, 6.45) is 6.39. The molecule has 0 amide bonds. The molecule has 0 atom stereocenters. The highest BCUT2D eigenvalue weighted by Crippen LogP contribution is 2.16. The Morgan fingerprint density at radius 3 is 2.50 bits per heavy atom. The van der Waals surface area contributed by atoms with E-state index in [9.17, 15) is 0 Å². The van der Waals surface area contributed by atoms with Crippen molar-refractivity contribution in [1.82, 2.24) is 15.0 Å². The Bertz CT molecular complexity index is 399. The summed E-state index contributed by atoms with van der Waals surface area (Å²) in [6, 6.07) is 3.74. The molecule has 0 fully saturated rings. The van der Waals surface area contributed by atoms with Crippen molar-refractivity contribution in [2.24, 2.45) is 0 Å². The minimum absolute atomic E-state index is 0.547. The van der Waals surface area contributed by atoms with Crippen molar-refractivity contribution in [3.8, 4) is 11.6 Å². The van der Waals surface area contributed by atoms with E-state index in [1.807, 2.05) is 19.1 Å². The van der Waals surface area contributed by atoms with E-state index in [0.29, 0.717) is 11.6 Å². The van der Waals surface area contributed by atoms with Crippen LogP contribution in [0.5, 0.6) is 11.6 Å². The zero-order chi connectivity index (χ0) is 9.80. The molecule has 70 valence electrons. The zero-order valence-corrected chi connectivity index (χ0v) is 7.71. The summed E-state index contributed by atoms with van der Waals surface area (Å²) >= 11 is 0. The summed E-state index contributed by atoms with van der Waals surface area (Å²) < 4.78 is 5.40. The lowest BCUT2D eigenvalue weighted by Gasteiger charge is -2.02. The summed E-state index contributed by atoms with van der Waals surface area (Å²) in [7, 11) is 0. The van der Waals surface area contributed by atoms with Gasteiger partial charge in [-0.1, -0.05) is 6.07 Å². The smallest absolute Gasteiger partial charge is 0.219 e. The van der Waals surface area contributed by atoms with Gasteiger partial charge in [0.25, 0.3) is 0 Å². The first-order chi connectivity index (χ1) is 6.84. The Morgan fingerprint density at radius 2 is 1.86 bits per heavy atom. The second kappa shape index (κ2) is 3.83. The molecule has 2 rings (SSSR count). The van der Waals surface area contributed by atoms with Gasteiger partial charge in [0, 0.05) is 12.3 Å². The van der Waals surface area contributed by atoms with Gasteiger partial charge >= 0.3 is 0 Å². The van der Waals surface area contributed by atoms with Crippen molar-refractivity contribution in [1.29, 1.82) is 0 Å². The molecular formula is C10H9N3O. The molecule has 0 saturated carbocycles. The maximum atomic E-state index is 5.40. The van der Waals surface area contributed by atoms with Crippen LogP contribution in [0, 0.1) is 6.92 Å². The number of hydrogen-bond acceptors (Lipinski definition) is 4. The molecule has 2 aromatic heterocycles. The summed E-state index contributed by atoms with van der Waals surface area (Å²) in [5.74, 6) is 1.13. The predicted molar refractivity (Wildman–Crippen MR) is 51.1 cm³/mol. The Balaban J connectivity index is 2.16. The van der Waals surface area contributed by atoms with E-state index in [2.05, 4.69) is 15.0 Å². The van der Waals surface area contributed by atoms with Gasteiger partial charge in [0.05, 0.1) is 12.4 Å². The van der Waals surface area contributed by atoms with Crippen LogP contribution < -0.4 is 4.74 Å². The van der Waals surface area contributed by atoms with Gasteiger partial charge in [-0.25, -0.2) is 15.0 Å². The van der Waals surface area contributed by atoms with Crippen molar-refractivity contribution in [2.75, 3.05) is 0 Å². The minimum atomic E-state index is 0.547. The van der Waals surface area contributed by atoms with Crippen molar-refractivity contribution < 1.29 is 4.74 Å². The van der Waals surface area contributed by atoms with E-state index in [4.69, 9.17) is 4.74 Å². The lowest BCUT2D eigenvalue weighted by atomic mass is 10.3. The fourth-order valence-electron chi connectivity index (χ4n) is 0.973. The molecule has 0 unspecified atom stereocenters. The Labute approximate surface area is 81.6 Å². The van der Waals surface area contributed by atoms with Gasteiger partial charge in [-0.05, 0) is 12.5 Å². The minimum Gasteiger partial charge on any atom is -0.436 e. The monoisotopic (exact) mass is 187 g/mol. The first-order valence-corrected chi connectivity index (χ1v) is 4.20. The average Bonchev–Trinajstić information content (AvgIpc) is 2.23. The molecule has 14 heavy (non-hydrogen) atoms. The molecule has 0 aliphatic heterocycles. The molecule has 2 aromatic rings. The van der Waals surface area contributed by atoms with Gasteiger partial charge in [0.2, 0.25) is 5.88 Å². The Kier molecular flexibility index (Phi) is 2.36. The molecule has 0 aliphatic carbocycles. The number of rotatable bonds is 2. The predicted octanol–water partition coefficient (Wildman–Crippen LogP) is 1.97. The number of pyridine rings is 1.